The van der Waals surface area contributed by atoms with Crippen LogP contribution in [0.4, 0.5) is 0 Å². The van der Waals surface area contributed by atoms with Crippen molar-refractivity contribution >= 4 is 5.91 Å². The van der Waals surface area contributed by atoms with Crippen molar-refractivity contribution in [1.82, 2.24) is 9.80 Å². The second kappa shape index (κ2) is 7.88. The molecular formula is C21H30N2O2. The van der Waals surface area contributed by atoms with Crippen LogP contribution in [-0.4, -0.2) is 54.1 Å². The molecular weight excluding hydrogens is 312 g/mol. The number of amides is 1. The lowest BCUT2D eigenvalue weighted by atomic mass is 9.88. The Morgan fingerprint density at radius 2 is 1.76 bits per heavy atom. The van der Waals surface area contributed by atoms with Gasteiger partial charge in [-0.25, -0.2) is 0 Å². The normalized spacial score (nSPS) is 28.6. The van der Waals surface area contributed by atoms with Gasteiger partial charge < -0.3 is 9.64 Å². The molecule has 0 bridgehead atoms. The zero-order valence-corrected chi connectivity index (χ0v) is 15.1. The molecule has 2 atom stereocenters. The Morgan fingerprint density at radius 3 is 2.56 bits per heavy atom. The summed E-state index contributed by atoms with van der Waals surface area (Å²) in [5.74, 6) is 0.618. The Bertz CT molecular complexity index is 567. The molecule has 1 saturated carbocycles. The maximum Gasteiger partial charge on any atom is 0.226 e. The van der Waals surface area contributed by atoms with Crippen LogP contribution >= 0.6 is 0 Å². The fourth-order valence-corrected chi connectivity index (χ4v) is 4.78. The molecule has 2 unspecified atom stereocenters. The number of ether oxygens (including phenoxy) is 1. The lowest BCUT2D eigenvalue weighted by Crippen LogP contribution is -2.57. The summed E-state index contributed by atoms with van der Waals surface area (Å²) < 4.78 is 5.93. The molecule has 0 spiro atoms. The smallest absolute Gasteiger partial charge is 0.226 e. The Kier molecular flexibility index (Phi) is 5.37. The standard InChI is InChI=1S/C21H30N2O2/c24-21(23-14-15-25-20-9-5-4-8-19(20)23)18-10-12-22(13-11-18)16-17-6-2-1-3-7-17/h1-3,6-7,18-20H,4-5,8-16H2. The topological polar surface area (TPSA) is 32.8 Å². The molecule has 1 aliphatic carbocycles. The fraction of sp³-hybridized carbons (Fsp3) is 0.667. The first-order valence-electron chi connectivity index (χ1n) is 9.99. The summed E-state index contributed by atoms with van der Waals surface area (Å²) >= 11 is 0. The highest BCUT2D eigenvalue weighted by molar-refractivity contribution is 5.79. The minimum absolute atomic E-state index is 0.215. The van der Waals surface area contributed by atoms with Gasteiger partial charge in [-0.2, -0.15) is 0 Å². The van der Waals surface area contributed by atoms with Crippen molar-refractivity contribution in [2.45, 2.75) is 57.2 Å². The number of nitrogens with zero attached hydrogens (tertiary/aromatic N) is 2. The third kappa shape index (κ3) is 3.90. The number of fused-ring (bicyclic) bond motifs is 1. The van der Waals surface area contributed by atoms with Crippen LogP contribution in [0.1, 0.15) is 44.1 Å². The van der Waals surface area contributed by atoms with Crippen LogP contribution < -0.4 is 0 Å². The summed E-state index contributed by atoms with van der Waals surface area (Å²) in [6.45, 7) is 4.58. The molecule has 4 heteroatoms. The minimum atomic E-state index is 0.215. The third-order valence-corrected chi connectivity index (χ3v) is 6.20. The van der Waals surface area contributed by atoms with E-state index in [4.69, 9.17) is 4.74 Å². The second-order valence-electron chi connectivity index (χ2n) is 7.83. The maximum atomic E-state index is 13.1. The van der Waals surface area contributed by atoms with Crippen LogP contribution in [0.2, 0.25) is 0 Å². The van der Waals surface area contributed by atoms with E-state index in [0.717, 1.165) is 58.5 Å². The molecule has 2 aliphatic heterocycles. The monoisotopic (exact) mass is 342 g/mol. The number of benzene rings is 1. The van der Waals surface area contributed by atoms with E-state index in [1.807, 2.05) is 0 Å². The van der Waals surface area contributed by atoms with Gasteiger partial charge in [0, 0.05) is 19.0 Å². The Balaban J connectivity index is 1.31. The van der Waals surface area contributed by atoms with Crippen molar-refractivity contribution in [3.8, 4) is 0 Å². The predicted molar refractivity (Wildman–Crippen MR) is 98.2 cm³/mol. The molecule has 25 heavy (non-hydrogen) atoms. The molecule has 1 aromatic rings. The average molecular weight is 342 g/mol. The Morgan fingerprint density at radius 1 is 1.00 bits per heavy atom. The van der Waals surface area contributed by atoms with Gasteiger partial charge in [-0.15, -0.1) is 0 Å². The highest BCUT2D eigenvalue weighted by Crippen LogP contribution is 2.31. The fourth-order valence-electron chi connectivity index (χ4n) is 4.78. The zero-order valence-electron chi connectivity index (χ0n) is 15.1. The van der Waals surface area contributed by atoms with Crippen molar-refractivity contribution in [3.05, 3.63) is 35.9 Å². The van der Waals surface area contributed by atoms with Gasteiger partial charge in [-0.3, -0.25) is 9.69 Å². The molecule has 0 radical (unpaired) electrons. The molecule has 0 N–H and O–H groups in total. The van der Waals surface area contributed by atoms with Crippen LogP contribution in [0.15, 0.2) is 30.3 Å². The lowest BCUT2D eigenvalue weighted by molar-refractivity contribution is -0.155. The lowest BCUT2D eigenvalue weighted by Gasteiger charge is -2.45. The number of hydrogen-bond donors (Lipinski definition) is 0. The molecule has 136 valence electrons. The van der Waals surface area contributed by atoms with Crippen molar-refractivity contribution < 1.29 is 9.53 Å². The van der Waals surface area contributed by atoms with Gasteiger partial charge in [0.1, 0.15) is 0 Å². The van der Waals surface area contributed by atoms with Gasteiger partial charge in [-0.05, 0) is 44.3 Å². The molecule has 1 amide bonds. The van der Waals surface area contributed by atoms with Crippen LogP contribution in [0.25, 0.3) is 0 Å². The van der Waals surface area contributed by atoms with Gasteiger partial charge >= 0.3 is 0 Å². The van der Waals surface area contributed by atoms with E-state index in [1.54, 1.807) is 0 Å². The number of carbonyl (C=O) groups excluding carboxylic acids is 1. The van der Waals surface area contributed by atoms with E-state index in [2.05, 4.69) is 40.1 Å². The quantitative estimate of drug-likeness (QED) is 0.846. The summed E-state index contributed by atoms with van der Waals surface area (Å²) in [6, 6.07) is 11.0. The minimum Gasteiger partial charge on any atom is -0.374 e. The van der Waals surface area contributed by atoms with Crippen LogP contribution in [0.3, 0.4) is 0 Å². The number of rotatable bonds is 3. The molecule has 3 aliphatic rings. The van der Waals surface area contributed by atoms with E-state index >= 15 is 0 Å². The van der Waals surface area contributed by atoms with Gasteiger partial charge in [-0.1, -0.05) is 43.2 Å². The van der Waals surface area contributed by atoms with Gasteiger partial charge in [0.05, 0.1) is 18.8 Å². The molecule has 4 nitrogen and oxygen atoms in total. The second-order valence-corrected chi connectivity index (χ2v) is 7.83. The van der Waals surface area contributed by atoms with E-state index in [0.29, 0.717) is 18.1 Å². The number of hydrogen-bond acceptors (Lipinski definition) is 3. The van der Waals surface area contributed by atoms with Gasteiger partial charge in [0.25, 0.3) is 0 Å². The summed E-state index contributed by atoms with van der Waals surface area (Å²) in [5, 5.41) is 0. The number of morpholine rings is 1. The number of piperidine rings is 1. The van der Waals surface area contributed by atoms with E-state index in [-0.39, 0.29) is 5.92 Å². The highest BCUT2D eigenvalue weighted by atomic mass is 16.5. The van der Waals surface area contributed by atoms with Crippen molar-refractivity contribution in [2.75, 3.05) is 26.2 Å². The Labute approximate surface area is 151 Å². The molecule has 1 aromatic carbocycles. The largest absolute Gasteiger partial charge is 0.374 e. The predicted octanol–water partition coefficient (Wildman–Crippen LogP) is 3.07. The van der Waals surface area contributed by atoms with Crippen molar-refractivity contribution in [2.24, 2.45) is 5.92 Å². The van der Waals surface area contributed by atoms with Crippen LogP contribution in [0.5, 0.6) is 0 Å². The van der Waals surface area contributed by atoms with E-state index in [1.165, 1.54) is 18.4 Å². The summed E-state index contributed by atoms with van der Waals surface area (Å²) in [6.07, 6.45) is 7.04. The summed E-state index contributed by atoms with van der Waals surface area (Å²) in [4.78, 5) is 17.8. The molecule has 0 aromatic heterocycles. The molecule has 2 saturated heterocycles. The molecule has 3 fully saturated rings. The molecule has 4 rings (SSSR count). The van der Waals surface area contributed by atoms with Gasteiger partial charge in [0.2, 0.25) is 5.91 Å². The van der Waals surface area contributed by atoms with E-state index < -0.39 is 0 Å². The molecule has 2 heterocycles. The third-order valence-electron chi connectivity index (χ3n) is 6.20. The number of carbonyl (C=O) groups is 1. The van der Waals surface area contributed by atoms with Gasteiger partial charge in [0.15, 0.2) is 0 Å². The SMILES string of the molecule is O=C(C1CCN(Cc2ccccc2)CC1)N1CCOC2CCCCC21. The van der Waals surface area contributed by atoms with Crippen molar-refractivity contribution in [3.63, 3.8) is 0 Å². The first kappa shape index (κ1) is 17.0. The van der Waals surface area contributed by atoms with Crippen LogP contribution in [0, 0.1) is 5.92 Å². The zero-order chi connectivity index (χ0) is 17.1. The maximum absolute atomic E-state index is 13.1. The Hall–Kier alpha value is -1.39. The number of likely N-dealkylation sites (tertiary alicyclic amines) is 1. The average Bonchev–Trinajstić information content (AvgIpc) is 2.68. The highest BCUT2D eigenvalue weighted by Gasteiger charge is 2.39. The van der Waals surface area contributed by atoms with Crippen LogP contribution in [-0.2, 0) is 16.1 Å². The summed E-state index contributed by atoms with van der Waals surface area (Å²) in [7, 11) is 0. The van der Waals surface area contributed by atoms with E-state index in [9.17, 15) is 4.79 Å². The first-order chi connectivity index (χ1) is 12.3. The first-order valence-corrected chi connectivity index (χ1v) is 9.99. The summed E-state index contributed by atoms with van der Waals surface area (Å²) in [5.41, 5.74) is 1.37. The van der Waals surface area contributed by atoms with Crippen molar-refractivity contribution in [1.29, 1.82) is 0 Å².